The molecular formula is C10H18N2O4S. The summed E-state index contributed by atoms with van der Waals surface area (Å²) in [5, 5.41) is 11.7. The van der Waals surface area contributed by atoms with E-state index in [4.69, 9.17) is 9.84 Å². The molecule has 0 aromatic carbocycles. The van der Waals surface area contributed by atoms with Crippen LogP contribution in [-0.4, -0.2) is 66.0 Å². The van der Waals surface area contributed by atoms with E-state index in [1.54, 1.807) is 4.90 Å². The maximum Gasteiger partial charge on any atom is 0.246 e. The van der Waals surface area contributed by atoms with E-state index >= 15 is 0 Å². The molecule has 2 unspecified atom stereocenters. The van der Waals surface area contributed by atoms with Crippen molar-refractivity contribution in [2.45, 2.75) is 19.0 Å². The highest BCUT2D eigenvalue weighted by atomic mass is 32.1. The van der Waals surface area contributed by atoms with Gasteiger partial charge < -0.3 is 20.1 Å². The van der Waals surface area contributed by atoms with Gasteiger partial charge in [0.2, 0.25) is 11.8 Å². The monoisotopic (exact) mass is 262 g/mol. The van der Waals surface area contributed by atoms with Crippen molar-refractivity contribution in [1.29, 1.82) is 0 Å². The van der Waals surface area contributed by atoms with E-state index < -0.39 is 6.04 Å². The molecule has 0 saturated carbocycles. The number of nitrogens with zero attached hydrogens (tertiary/aromatic N) is 1. The van der Waals surface area contributed by atoms with Crippen LogP contribution in [0.25, 0.3) is 0 Å². The molecule has 2 N–H and O–H groups in total. The second-order valence-corrected chi connectivity index (χ2v) is 4.24. The Hall–Kier alpha value is -0.790. The van der Waals surface area contributed by atoms with Gasteiger partial charge in [-0.05, 0) is 0 Å². The number of hydrogen-bond acceptors (Lipinski definition) is 5. The van der Waals surface area contributed by atoms with Crippen LogP contribution in [0, 0.1) is 0 Å². The Kier molecular flexibility index (Phi) is 5.73. The number of morpholine rings is 1. The van der Waals surface area contributed by atoms with Crippen LogP contribution >= 0.6 is 12.6 Å². The first-order valence-corrected chi connectivity index (χ1v) is 6.10. The van der Waals surface area contributed by atoms with Gasteiger partial charge in [0.15, 0.2) is 0 Å². The molecule has 0 radical (unpaired) electrons. The van der Waals surface area contributed by atoms with Gasteiger partial charge in [0, 0.05) is 19.2 Å². The SMILES string of the molecule is CC(=O)NC(CS)C(=O)N1CCOCC1CO. The lowest BCUT2D eigenvalue weighted by Crippen LogP contribution is -2.57. The Morgan fingerprint density at radius 2 is 2.35 bits per heavy atom. The average molecular weight is 262 g/mol. The molecule has 6 nitrogen and oxygen atoms in total. The van der Waals surface area contributed by atoms with E-state index in [-0.39, 0.29) is 30.2 Å². The van der Waals surface area contributed by atoms with E-state index in [0.717, 1.165) is 0 Å². The van der Waals surface area contributed by atoms with E-state index in [1.165, 1.54) is 6.92 Å². The van der Waals surface area contributed by atoms with Crippen molar-refractivity contribution in [3.63, 3.8) is 0 Å². The first-order valence-electron chi connectivity index (χ1n) is 5.47. The lowest BCUT2D eigenvalue weighted by molar-refractivity contribution is -0.144. The number of nitrogens with one attached hydrogen (secondary N) is 1. The molecule has 1 fully saturated rings. The summed E-state index contributed by atoms with van der Waals surface area (Å²) in [6, 6.07) is -0.990. The van der Waals surface area contributed by atoms with Crippen molar-refractivity contribution >= 4 is 24.4 Å². The summed E-state index contributed by atoms with van der Waals surface area (Å²) in [4.78, 5) is 24.6. The van der Waals surface area contributed by atoms with Crippen LogP contribution in [0.1, 0.15) is 6.92 Å². The summed E-state index contributed by atoms with van der Waals surface area (Å²) >= 11 is 4.05. The highest BCUT2D eigenvalue weighted by Crippen LogP contribution is 2.09. The summed E-state index contributed by atoms with van der Waals surface area (Å²) in [6.07, 6.45) is 0. The van der Waals surface area contributed by atoms with Gasteiger partial charge in [0.25, 0.3) is 0 Å². The number of thiol groups is 1. The van der Waals surface area contributed by atoms with Crippen LogP contribution in [0.2, 0.25) is 0 Å². The fourth-order valence-electron chi connectivity index (χ4n) is 1.73. The van der Waals surface area contributed by atoms with Gasteiger partial charge in [-0.15, -0.1) is 0 Å². The quantitative estimate of drug-likeness (QED) is 0.547. The van der Waals surface area contributed by atoms with Crippen molar-refractivity contribution in [2.24, 2.45) is 0 Å². The molecule has 1 rings (SSSR count). The third kappa shape index (κ3) is 3.86. The zero-order chi connectivity index (χ0) is 12.8. The molecule has 1 aliphatic rings. The number of aliphatic hydroxyl groups is 1. The molecule has 0 aromatic rings. The minimum absolute atomic E-state index is 0.148. The lowest BCUT2D eigenvalue weighted by Gasteiger charge is -2.36. The minimum Gasteiger partial charge on any atom is -0.394 e. The number of carbonyl (C=O) groups excluding carboxylic acids is 2. The van der Waals surface area contributed by atoms with Gasteiger partial charge in [-0.25, -0.2) is 0 Å². The average Bonchev–Trinajstić information content (AvgIpc) is 2.34. The molecule has 0 aliphatic carbocycles. The van der Waals surface area contributed by atoms with Crippen LogP contribution < -0.4 is 5.32 Å². The fourth-order valence-corrected chi connectivity index (χ4v) is 1.97. The molecule has 2 atom stereocenters. The summed E-state index contributed by atoms with van der Waals surface area (Å²) in [7, 11) is 0. The number of hydrogen-bond donors (Lipinski definition) is 3. The van der Waals surface area contributed by atoms with Gasteiger partial charge in [0.1, 0.15) is 6.04 Å². The molecule has 0 bridgehead atoms. The maximum absolute atomic E-state index is 12.1. The molecular weight excluding hydrogens is 244 g/mol. The van der Waals surface area contributed by atoms with Crippen molar-refractivity contribution in [2.75, 3.05) is 32.1 Å². The summed E-state index contributed by atoms with van der Waals surface area (Å²) < 4.78 is 5.19. The molecule has 17 heavy (non-hydrogen) atoms. The molecule has 2 amide bonds. The van der Waals surface area contributed by atoms with E-state index in [9.17, 15) is 9.59 Å². The molecule has 1 heterocycles. The van der Waals surface area contributed by atoms with Crippen molar-refractivity contribution in [3.8, 4) is 0 Å². The lowest BCUT2D eigenvalue weighted by atomic mass is 10.2. The van der Waals surface area contributed by atoms with Gasteiger partial charge in [-0.3, -0.25) is 9.59 Å². The van der Waals surface area contributed by atoms with Crippen LogP contribution in [-0.2, 0) is 14.3 Å². The molecule has 1 aliphatic heterocycles. The summed E-state index contributed by atoms with van der Waals surface area (Å²) in [6.45, 7) is 2.40. The summed E-state index contributed by atoms with van der Waals surface area (Å²) in [5.74, 6) is -0.266. The van der Waals surface area contributed by atoms with Gasteiger partial charge in [-0.2, -0.15) is 12.6 Å². The van der Waals surface area contributed by atoms with Crippen molar-refractivity contribution in [3.05, 3.63) is 0 Å². The minimum atomic E-state index is -0.650. The zero-order valence-electron chi connectivity index (χ0n) is 9.76. The number of aliphatic hydroxyl groups excluding tert-OH is 1. The van der Waals surface area contributed by atoms with Crippen LogP contribution in [0.3, 0.4) is 0 Å². The predicted octanol–water partition coefficient (Wildman–Crippen LogP) is -1.36. The Morgan fingerprint density at radius 3 is 2.88 bits per heavy atom. The number of carbonyl (C=O) groups is 2. The Labute approximate surface area is 106 Å². The fraction of sp³-hybridized carbons (Fsp3) is 0.800. The zero-order valence-corrected chi connectivity index (χ0v) is 10.7. The molecule has 98 valence electrons. The molecule has 7 heteroatoms. The van der Waals surface area contributed by atoms with Gasteiger partial charge in [0.05, 0.1) is 25.9 Å². The topological polar surface area (TPSA) is 78.9 Å². The molecule has 0 aromatic heterocycles. The first-order chi connectivity index (χ1) is 8.10. The Balaban J connectivity index is 2.67. The van der Waals surface area contributed by atoms with Crippen LogP contribution in [0.5, 0.6) is 0 Å². The van der Waals surface area contributed by atoms with Crippen LogP contribution in [0.4, 0.5) is 0 Å². The number of amides is 2. The largest absolute Gasteiger partial charge is 0.394 e. The standard InChI is InChI=1S/C10H18N2O4S/c1-7(14)11-9(6-17)10(15)12-2-3-16-5-8(12)4-13/h8-9,13,17H,2-6H2,1H3,(H,11,14). The second-order valence-electron chi connectivity index (χ2n) is 3.88. The highest BCUT2D eigenvalue weighted by Gasteiger charge is 2.31. The van der Waals surface area contributed by atoms with Gasteiger partial charge in [-0.1, -0.05) is 0 Å². The highest BCUT2D eigenvalue weighted by molar-refractivity contribution is 7.80. The predicted molar refractivity (Wildman–Crippen MR) is 64.9 cm³/mol. The third-order valence-corrected chi connectivity index (χ3v) is 2.94. The van der Waals surface area contributed by atoms with Gasteiger partial charge >= 0.3 is 0 Å². The normalized spacial score (nSPS) is 22.1. The number of rotatable bonds is 4. The molecule has 1 saturated heterocycles. The first kappa shape index (κ1) is 14.3. The van der Waals surface area contributed by atoms with Crippen LogP contribution in [0.15, 0.2) is 0 Å². The summed E-state index contributed by atoms with van der Waals surface area (Å²) in [5.41, 5.74) is 0. The number of ether oxygens (including phenoxy) is 1. The molecule has 0 spiro atoms. The van der Waals surface area contributed by atoms with E-state index in [0.29, 0.717) is 19.8 Å². The Bertz CT molecular complexity index is 287. The van der Waals surface area contributed by atoms with E-state index in [1.807, 2.05) is 0 Å². The van der Waals surface area contributed by atoms with E-state index in [2.05, 4.69) is 17.9 Å². The maximum atomic E-state index is 12.1. The second kappa shape index (κ2) is 6.83. The third-order valence-electron chi connectivity index (χ3n) is 2.58. The smallest absolute Gasteiger partial charge is 0.246 e. The van der Waals surface area contributed by atoms with Crippen molar-refractivity contribution < 1.29 is 19.4 Å². The Morgan fingerprint density at radius 1 is 1.65 bits per heavy atom. The van der Waals surface area contributed by atoms with Crippen molar-refractivity contribution in [1.82, 2.24) is 10.2 Å².